The molecule has 0 aliphatic carbocycles. The van der Waals surface area contributed by atoms with Gasteiger partial charge in [0, 0.05) is 13.1 Å². The van der Waals surface area contributed by atoms with Crippen LogP contribution in [0.3, 0.4) is 0 Å². The number of amides is 1. The molecule has 0 saturated carbocycles. The predicted octanol–water partition coefficient (Wildman–Crippen LogP) is 3.07. The zero-order chi connectivity index (χ0) is 14.3. The lowest BCUT2D eigenvalue weighted by Gasteiger charge is -2.14. The molecule has 4 nitrogen and oxygen atoms in total. The van der Waals surface area contributed by atoms with Gasteiger partial charge >= 0.3 is 0 Å². The third kappa shape index (κ3) is 5.73. The molecule has 1 atom stereocenters. The maximum Gasteiger partial charge on any atom is 0.270 e. The third-order valence-corrected chi connectivity index (χ3v) is 3.03. The van der Waals surface area contributed by atoms with E-state index in [2.05, 4.69) is 29.5 Å². The normalized spacial score (nSPS) is 12.3. The van der Waals surface area contributed by atoms with Gasteiger partial charge < -0.3 is 10.6 Å². The minimum absolute atomic E-state index is 0.103. The lowest BCUT2D eigenvalue weighted by atomic mass is 10.0. The molecule has 1 aromatic heterocycles. The van der Waals surface area contributed by atoms with Crippen LogP contribution >= 0.6 is 0 Å². The highest BCUT2D eigenvalue weighted by Crippen LogP contribution is 2.09. The van der Waals surface area contributed by atoms with Gasteiger partial charge in [0.05, 0.1) is 0 Å². The van der Waals surface area contributed by atoms with Crippen LogP contribution < -0.4 is 10.6 Å². The fraction of sp³-hybridized carbons (Fsp3) is 0.600. The second kappa shape index (κ2) is 7.77. The van der Waals surface area contributed by atoms with Crippen molar-refractivity contribution in [3.8, 4) is 0 Å². The number of carbonyl (C=O) groups excluding carboxylic acids is 1. The van der Waals surface area contributed by atoms with Gasteiger partial charge in [-0.05, 0) is 31.4 Å². The molecule has 4 heteroatoms. The van der Waals surface area contributed by atoms with E-state index in [-0.39, 0.29) is 11.9 Å². The molecule has 0 fully saturated rings. The van der Waals surface area contributed by atoms with Gasteiger partial charge in [-0.15, -0.1) is 0 Å². The van der Waals surface area contributed by atoms with Crippen LogP contribution in [0.1, 0.15) is 50.5 Å². The van der Waals surface area contributed by atoms with Crippen LogP contribution in [0.4, 0.5) is 5.82 Å². The van der Waals surface area contributed by atoms with Crippen molar-refractivity contribution in [3.63, 3.8) is 0 Å². The highest BCUT2D eigenvalue weighted by atomic mass is 16.1. The first-order chi connectivity index (χ1) is 9.02. The summed E-state index contributed by atoms with van der Waals surface area (Å²) >= 11 is 0. The summed E-state index contributed by atoms with van der Waals surface area (Å²) in [6, 6.07) is 5.59. The number of aromatic nitrogens is 1. The molecule has 0 radical (unpaired) electrons. The minimum atomic E-state index is -0.103. The molecule has 1 aromatic rings. The number of hydrogen-bond acceptors (Lipinski definition) is 3. The first-order valence-corrected chi connectivity index (χ1v) is 6.98. The van der Waals surface area contributed by atoms with Crippen LogP contribution in [0, 0.1) is 5.92 Å². The maximum absolute atomic E-state index is 12.0. The molecule has 1 heterocycles. The Labute approximate surface area is 116 Å². The van der Waals surface area contributed by atoms with E-state index in [0.717, 1.165) is 18.8 Å². The number of nitrogens with one attached hydrogen (secondary N) is 2. The van der Waals surface area contributed by atoms with E-state index < -0.39 is 0 Å². The van der Waals surface area contributed by atoms with Crippen LogP contribution in [0.5, 0.6) is 0 Å². The van der Waals surface area contributed by atoms with E-state index in [1.54, 1.807) is 13.1 Å². The average molecular weight is 263 g/mol. The lowest BCUT2D eigenvalue weighted by Crippen LogP contribution is -2.33. The van der Waals surface area contributed by atoms with Gasteiger partial charge in [-0.3, -0.25) is 4.79 Å². The number of rotatable bonds is 7. The molecular formula is C15H25N3O. The number of anilines is 1. The number of hydrogen-bond donors (Lipinski definition) is 2. The Hall–Kier alpha value is -1.58. The fourth-order valence-electron chi connectivity index (χ4n) is 1.90. The Morgan fingerprint density at radius 2 is 2.00 bits per heavy atom. The SMILES string of the molecule is CNc1cccc(C(=O)NC(C)CCCC(C)C)n1. The summed E-state index contributed by atoms with van der Waals surface area (Å²) in [6.07, 6.45) is 3.35. The largest absolute Gasteiger partial charge is 0.373 e. The van der Waals surface area contributed by atoms with Crippen LogP contribution in [0.25, 0.3) is 0 Å². The zero-order valence-electron chi connectivity index (χ0n) is 12.4. The summed E-state index contributed by atoms with van der Waals surface area (Å²) < 4.78 is 0. The van der Waals surface area contributed by atoms with Gasteiger partial charge in [-0.25, -0.2) is 4.98 Å². The lowest BCUT2D eigenvalue weighted by molar-refractivity contribution is 0.0933. The smallest absolute Gasteiger partial charge is 0.270 e. The molecular weight excluding hydrogens is 238 g/mol. The minimum Gasteiger partial charge on any atom is -0.373 e. The molecule has 106 valence electrons. The molecule has 1 rings (SSSR count). The second-order valence-electron chi connectivity index (χ2n) is 5.36. The van der Waals surface area contributed by atoms with Crippen LogP contribution in [0.2, 0.25) is 0 Å². The monoisotopic (exact) mass is 263 g/mol. The van der Waals surface area contributed by atoms with Crippen LogP contribution in [-0.4, -0.2) is 24.0 Å². The molecule has 0 bridgehead atoms. The quantitative estimate of drug-likeness (QED) is 0.795. The van der Waals surface area contributed by atoms with E-state index in [0.29, 0.717) is 11.5 Å². The van der Waals surface area contributed by atoms with Gasteiger partial charge in [0.25, 0.3) is 5.91 Å². The third-order valence-electron chi connectivity index (χ3n) is 3.03. The highest BCUT2D eigenvalue weighted by Gasteiger charge is 2.11. The summed E-state index contributed by atoms with van der Waals surface area (Å²) in [7, 11) is 1.79. The standard InChI is InChI=1S/C15H25N3O/c1-11(2)7-5-8-12(3)17-15(19)13-9-6-10-14(16-4)18-13/h6,9-12H,5,7-8H2,1-4H3,(H,16,18)(H,17,19). The van der Waals surface area contributed by atoms with Crippen molar-refractivity contribution in [2.75, 3.05) is 12.4 Å². The molecule has 19 heavy (non-hydrogen) atoms. The number of carbonyl (C=O) groups is 1. The summed E-state index contributed by atoms with van der Waals surface area (Å²) in [5, 5.41) is 5.92. The Bertz CT molecular complexity index is 404. The summed E-state index contributed by atoms with van der Waals surface area (Å²) in [5.41, 5.74) is 0.461. The summed E-state index contributed by atoms with van der Waals surface area (Å²) in [5.74, 6) is 1.33. The highest BCUT2D eigenvalue weighted by molar-refractivity contribution is 5.92. The van der Waals surface area contributed by atoms with E-state index in [9.17, 15) is 4.79 Å². The number of nitrogens with zero attached hydrogens (tertiary/aromatic N) is 1. The Morgan fingerprint density at radius 1 is 1.26 bits per heavy atom. The van der Waals surface area contributed by atoms with Crippen molar-refractivity contribution in [1.82, 2.24) is 10.3 Å². The maximum atomic E-state index is 12.0. The molecule has 0 aliphatic heterocycles. The number of pyridine rings is 1. The Balaban J connectivity index is 2.45. The molecule has 1 unspecified atom stereocenters. The first-order valence-electron chi connectivity index (χ1n) is 6.98. The van der Waals surface area contributed by atoms with Crippen molar-refractivity contribution >= 4 is 11.7 Å². The first kappa shape index (κ1) is 15.5. The van der Waals surface area contributed by atoms with Crippen molar-refractivity contribution in [1.29, 1.82) is 0 Å². The average Bonchev–Trinajstić information content (AvgIpc) is 2.38. The van der Waals surface area contributed by atoms with Crippen molar-refractivity contribution in [2.24, 2.45) is 5.92 Å². The predicted molar refractivity (Wildman–Crippen MR) is 79.4 cm³/mol. The molecule has 0 spiro atoms. The second-order valence-corrected chi connectivity index (χ2v) is 5.36. The van der Waals surface area contributed by atoms with E-state index in [4.69, 9.17) is 0 Å². The van der Waals surface area contributed by atoms with Gasteiger partial charge in [-0.2, -0.15) is 0 Å². The Morgan fingerprint density at radius 3 is 2.63 bits per heavy atom. The van der Waals surface area contributed by atoms with Crippen molar-refractivity contribution in [3.05, 3.63) is 23.9 Å². The fourth-order valence-corrected chi connectivity index (χ4v) is 1.90. The molecule has 0 aromatic carbocycles. The van der Waals surface area contributed by atoms with Crippen LogP contribution in [0.15, 0.2) is 18.2 Å². The topological polar surface area (TPSA) is 54.0 Å². The van der Waals surface area contributed by atoms with Crippen molar-refractivity contribution < 1.29 is 4.79 Å². The van der Waals surface area contributed by atoms with E-state index >= 15 is 0 Å². The summed E-state index contributed by atoms with van der Waals surface area (Å²) in [4.78, 5) is 16.2. The van der Waals surface area contributed by atoms with Gasteiger partial charge in [0.15, 0.2) is 0 Å². The zero-order valence-corrected chi connectivity index (χ0v) is 12.4. The summed E-state index contributed by atoms with van der Waals surface area (Å²) in [6.45, 7) is 6.48. The van der Waals surface area contributed by atoms with Gasteiger partial charge in [0.2, 0.25) is 0 Å². The van der Waals surface area contributed by atoms with Crippen LogP contribution in [-0.2, 0) is 0 Å². The van der Waals surface area contributed by atoms with Gasteiger partial charge in [-0.1, -0.05) is 32.8 Å². The molecule has 0 aliphatic rings. The Kier molecular flexibility index (Phi) is 6.33. The molecule has 0 saturated heterocycles. The van der Waals surface area contributed by atoms with E-state index in [1.165, 1.54) is 6.42 Å². The molecule has 2 N–H and O–H groups in total. The molecule has 1 amide bonds. The van der Waals surface area contributed by atoms with Crippen molar-refractivity contribution in [2.45, 2.75) is 46.1 Å². The van der Waals surface area contributed by atoms with Gasteiger partial charge in [0.1, 0.15) is 11.5 Å². The van der Waals surface area contributed by atoms with E-state index in [1.807, 2.05) is 19.1 Å².